The summed E-state index contributed by atoms with van der Waals surface area (Å²) in [7, 11) is 0. The van der Waals surface area contributed by atoms with Crippen LogP contribution in [0.3, 0.4) is 0 Å². The first kappa shape index (κ1) is 12.4. The van der Waals surface area contributed by atoms with E-state index in [-0.39, 0.29) is 12.0 Å². The van der Waals surface area contributed by atoms with Crippen LogP contribution in [0.1, 0.15) is 25.0 Å². The van der Waals surface area contributed by atoms with E-state index in [1.165, 1.54) is 5.56 Å². The number of rotatable bonds is 3. The summed E-state index contributed by atoms with van der Waals surface area (Å²) in [6, 6.07) is 4.01. The van der Waals surface area contributed by atoms with Gasteiger partial charge in [-0.3, -0.25) is 4.79 Å². The lowest BCUT2D eigenvalue weighted by atomic mass is 9.98. The van der Waals surface area contributed by atoms with Gasteiger partial charge in [-0.05, 0) is 46.5 Å². The number of hydrogen-bond donors (Lipinski definition) is 1. The molecule has 0 saturated carbocycles. The number of fused-ring (bicyclic) bond motifs is 1. The minimum absolute atomic E-state index is 0.202. The topological polar surface area (TPSA) is 46.5 Å². The summed E-state index contributed by atoms with van der Waals surface area (Å²) < 4.78 is 6.60. The molecule has 2 rings (SSSR count). The second-order valence-corrected chi connectivity index (χ2v) is 5.50. The van der Waals surface area contributed by atoms with Crippen molar-refractivity contribution < 1.29 is 14.6 Å². The van der Waals surface area contributed by atoms with E-state index < -0.39 is 5.97 Å². The highest BCUT2D eigenvalue weighted by Crippen LogP contribution is 2.37. The summed E-state index contributed by atoms with van der Waals surface area (Å²) in [4.78, 5) is 10.8. The molecule has 1 aromatic carbocycles. The Morgan fingerprint density at radius 3 is 3.00 bits per heavy atom. The fourth-order valence-corrected chi connectivity index (χ4v) is 2.75. The average molecular weight is 299 g/mol. The second kappa shape index (κ2) is 4.69. The number of halogens is 1. The smallest absolute Gasteiger partial charge is 0.306 e. The van der Waals surface area contributed by atoms with E-state index >= 15 is 0 Å². The first-order valence-electron chi connectivity index (χ1n) is 5.68. The molecule has 92 valence electrons. The van der Waals surface area contributed by atoms with Gasteiger partial charge in [0.05, 0.1) is 10.4 Å². The van der Waals surface area contributed by atoms with Crippen LogP contribution in [0.25, 0.3) is 0 Å². The highest BCUT2D eigenvalue weighted by Gasteiger charge is 2.23. The van der Waals surface area contributed by atoms with Gasteiger partial charge in [0, 0.05) is 6.42 Å². The van der Waals surface area contributed by atoms with Crippen LogP contribution in [-0.4, -0.2) is 17.2 Å². The SMILES string of the molecule is CC1Cc2cc(CC(C)C(=O)O)cc(Br)c2O1. The predicted molar refractivity (Wildman–Crippen MR) is 68.4 cm³/mol. The highest BCUT2D eigenvalue weighted by molar-refractivity contribution is 9.10. The molecular formula is C13H15BrO3. The molecule has 0 spiro atoms. The van der Waals surface area contributed by atoms with E-state index in [0.29, 0.717) is 6.42 Å². The van der Waals surface area contributed by atoms with Crippen molar-refractivity contribution in [2.24, 2.45) is 5.92 Å². The summed E-state index contributed by atoms with van der Waals surface area (Å²) >= 11 is 3.48. The quantitative estimate of drug-likeness (QED) is 0.933. The molecule has 1 aromatic rings. The van der Waals surface area contributed by atoms with Crippen molar-refractivity contribution in [3.05, 3.63) is 27.7 Å². The van der Waals surface area contributed by atoms with Crippen molar-refractivity contribution in [2.75, 3.05) is 0 Å². The zero-order valence-electron chi connectivity index (χ0n) is 9.87. The molecule has 0 bridgehead atoms. The Balaban J connectivity index is 2.24. The number of benzene rings is 1. The number of ether oxygens (including phenoxy) is 1. The van der Waals surface area contributed by atoms with E-state index in [4.69, 9.17) is 9.84 Å². The van der Waals surface area contributed by atoms with Crippen molar-refractivity contribution in [2.45, 2.75) is 32.8 Å². The molecule has 1 aliphatic heterocycles. The molecule has 0 amide bonds. The Bertz CT molecular complexity index is 456. The standard InChI is InChI=1S/C13H15BrO3/c1-7(13(15)16)3-9-5-10-4-8(2)17-12(10)11(14)6-9/h5-8H,3-4H2,1-2H3,(H,15,16). The van der Waals surface area contributed by atoms with Crippen LogP contribution in [0.4, 0.5) is 0 Å². The van der Waals surface area contributed by atoms with Crippen molar-refractivity contribution >= 4 is 21.9 Å². The van der Waals surface area contributed by atoms with Gasteiger partial charge < -0.3 is 9.84 Å². The van der Waals surface area contributed by atoms with Gasteiger partial charge in [0.25, 0.3) is 0 Å². The maximum atomic E-state index is 10.8. The lowest BCUT2D eigenvalue weighted by Crippen LogP contribution is -2.12. The third-order valence-electron chi connectivity index (χ3n) is 2.97. The van der Waals surface area contributed by atoms with Crippen LogP contribution >= 0.6 is 15.9 Å². The van der Waals surface area contributed by atoms with Crippen molar-refractivity contribution in [3.8, 4) is 5.75 Å². The molecule has 2 atom stereocenters. The van der Waals surface area contributed by atoms with Gasteiger partial charge in [-0.1, -0.05) is 13.0 Å². The van der Waals surface area contributed by atoms with E-state index in [0.717, 1.165) is 22.2 Å². The number of carboxylic acids is 1. The maximum Gasteiger partial charge on any atom is 0.306 e. The monoisotopic (exact) mass is 298 g/mol. The number of aliphatic carboxylic acids is 1. The molecule has 1 aliphatic rings. The van der Waals surface area contributed by atoms with E-state index in [1.807, 2.05) is 13.0 Å². The van der Waals surface area contributed by atoms with Crippen LogP contribution in [0.2, 0.25) is 0 Å². The fourth-order valence-electron chi connectivity index (χ4n) is 2.11. The van der Waals surface area contributed by atoms with Crippen LogP contribution in [0.15, 0.2) is 16.6 Å². The predicted octanol–water partition coefficient (Wildman–Crippen LogP) is 3.04. The van der Waals surface area contributed by atoms with Gasteiger partial charge in [-0.2, -0.15) is 0 Å². The van der Waals surface area contributed by atoms with Gasteiger partial charge in [-0.25, -0.2) is 0 Å². The van der Waals surface area contributed by atoms with Gasteiger partial charge in [0.1, 0.15) is 11.9 Å². The molecule has 0 aliphatic carbocycles. The highest BCUT2D eigenvalue weighted by atomic mass is 79.9. The molecule has 0 saturated heterocycles. The minimum atomic E-state index is -0.758. The van der Waals surface area contributed by atoms with E-state index in [9.17, 15) is 4.79 Å². The Labute approximate surface area is 109 Å². The fraction of sp³-hybridized carbons (Fsp3) is 0.462. The first-order chi connectivity index (χ1) is 7.97. The second-order valence-electron chi connectivity index (χ2n) is 4.64. The Morgan fingerprint density at radius 2 is 2.35 bits per heavy atom. The molecule has 0 aromatic heterocycles. The molecule has 4 heteroatoms. The normalized spacial score (nSPS) is 19.6. The summed E-state index contributed by atoms with van der Waals surface area (Å²) in [6.45, 7) is 3.76. The summed E-state index contributed by atoms with van der Waals surface area (Å²) in [5.41, 5.74) is 2.21. The zero-order chi connectivity index (χ0) is 12.6. The molecule has 3 nitrogen and oxygen atoms in total. The number of hydrogen-bond acceptors (Lipinski definition) is 2. The Hall–Kier alpha value is -1.03. The molecule has 0 radical (unpaired) electrons. The third kappa shape index (κ3) is 2.63. The molecular weight excluding hydrogens is 284 g/mol. The largest absolute Gasteiger partial charge is 0.489 e. The summed E-state index contributed by atoms with van der Waals surface area (Å²) in [5.74, 6) is -0.213. The van der Waals surface area contributed by atoms with E-state index in [1.54, 1.807) is 6.92 Å². The van der Waals surface area contributed by atoms with Crippen LogP contribution < -0.4 is 4.74 Å². The first-order valence-corrected chi connectivity index (χ1v) is 6.47. The van der Waals surface area contributed by atoms with Gasteiger partial charge in [0.2, 0.25) is 0 Å². The lowest BCUT2D eigenvalue weighted by Gasteiger charge is -2.09. The molecule has 17 heavy (non-hydrogen) atoms. The molecule has 1 N–H and O–H groups in total. The van der Waals surface area contributed by atoms with Gasteiger partial charge >= 0.3 is 5.97 Å². The van der Waals surface area contributed by atoms with Crippen LogP contribution in [0, 0.1) is 5.92 Å². The Morgan fingerprint density at radius 1 is 1.65 bits per heavy atom. The van der Waals surface area contributed by atoms with Crippen molar-refractivity contribution in [1.29, 1.82) is 0 Å². The Kier molecular flexibility index (Phi) is 3.43. The number of carboxylic acid groups (broad SMARTS) is 1. The van der Waals surface area contributed by atoms with Crippen LogP contribution in [0.5, 0.6) is 5.75 Å². The maximum absolute atomic E-state index is 10.8. The van der Waals surface area contributed by atoms with Gasteiger partial charge in [-0.15, -0.1) is 0 Å². The average Bonchev–Trinajstić information content (AvgIpc) is 2.59. The molecule has 1 heterocycles. The summed E-state index contributed by atoms with van der Waals surface area (Å²) in [5, 5.41) is 8.91. The van der Waals surface area contributed by atoms with Crippen molar-refractivity contribution in [3.63, 3.8) is 0 Å². The number of carbonyl (C=O) groups is 1. The minimum Gasteiger partial charge on any atom is -0.489 e. The van der Waals surface area contributed by atoms with Gasteiger partial charge in [0.15, 0.2) is 0 Å². The molecule has 2 unspecified atom stereocenters. The van der Waals surface area contributed by atoms with Crippen molar-refractivity contribution in [1.82, 2.24) is 0 Å². The van der Waals surface area contributed by atoms with Crippen LogP contribution in [-0.2, 0) is 17.6 Å². The third-order valence-corrected chi connectivity index (χ3v) is 3.56. The molecule has 0 fully saturated rings. The zero-order valence-corrected chi connectivity index (χ0v) is 11.5. The lowest BCUT2D eigenvalue weighted by molar-refractivity contribution is -0.141. The van der Waals surface area contributed by atoms with E-state index in [2.05, 4.69) is 22.0 Å². The summed E-state index contributed by atoms with van der Waals surface area (Å²) in [6.07, 6.45) is 1.65.